The Labute approximate surface area is 144 Å². The molecule has 2 aromatic carbocycles. The molecule has 0 aromatic heterocycles. The third-order valence-electron chi connectivity index (χ3n) is 3.89. The molecule has 1 amide bonds. The van der Waals surface area contributed by atoms with Crippen molar-refractivity contribution in [1.29, 1.82) is 0 Å². The number of carbonyl (C=O) groups excluding carboxylic acids is 1. The van der Waals surface area contributed by atoms with Crippen LogP contribution in [0.3, 0.4) is 0 Å². The lowest BCUT2D eigenvalue weighted by Gasteiger charge is -2.21. The first-order valence-electron chi connectivity index (χ1n) is 8.36. The van der Waals surface area contributed by atoms with Crippen molar-refractivity contribution in [2.75, 3.05) is 25.0 Å². The third-order valence-corrected chi connectivity index (χ3v) is 3.89. The van der Waals surface area contributed by atoms with Gasteiger partial charge in [-0.1, -0.05) is 62.4 Å². The summed E-state index contributed by atoms with van der Waals surface area (Å²) >= 11 is 0. The number of aliphatic hydroxyl groups is 1. The van der Waals surface area contributed by atoms with Crippen LogP contribution in [0.5, 0.6) is 0 Å². The first-order chi connectivity index (χ1) is 11.6. The van der Waals surface area contributed by atoms with Gasteiger partial charge in [0.05, 0.1) is 13.2 Å². The lowest BCUT2D eigenvalue weighted by molar-refractivity contribution is -0.117. The van der Waals surface area contributed by atoms with E-state index in [2.05, 4.69) is 19.2 Å². The molecule has 0 bridgehead atoms. The van der Waals surface area contributed by atoms with Crippen LogP contribution < -0.4 is 5.32 Å². The molecule has 24 heavy (non-hydrogen) atoms. The van der Waals surface area contributed by atoms with E-state index in [0.29, 0.717) is 19.0 Å². The fourth-order valence-corrected chi connectivity index (χ4v) is 2.70. The Morgan fingerprint density at radius 3 is 2.42 bits per heavy atom. The zero-order valence-electron chi connectivity index (χ0n) is 14.4. The largest absolute Gasteiger partial charge is 0.395 e. The van der Waals surface area contributed by atoms with Crippen LogP contribution in [0.15, 0.2) is 54.6 Å². The van der Waals surface area contributed by atoms with E-state index >= 15 is 0 Å². The van der Waals surface area contributed by atoms with Gasteiger partial charge in [-0.2, -0.15) is 0 Å². The summed E-state index contributed by atoms with van der Waals surface area (Å²) in [7, 11) is 0. The van der Waals surface area contributed by atoms with E-state index < -0.39 is 0 Å². The molecule has 0 unspecified atom stereocenters. The average Bonchev–Trinajstić information content (AvgIpc) is 2.56. The number of amides is 1. The van der Waals surface area contributed by atoms with Crippen LogP contribution in [-0.2, 0) is 11.3 Å². The Morgan fingerprint density at radius 2 is 1.75 bits per heavy atom. The lowest BCUT2D eigenvalue weighted by atomic mass is 10.0. The molecule has 4 nitrogen and oxygen atoms in total. The maximum Gasteiger partial charge on any atom is 0.238 e. The highest BCUT2D eigenvalue weighted by atomic mass is 16.3. The van der Waals surface area contributed by atoms with Crippen molar-refractivity contribution in [2.24, 2.45) is 0 Å². The molecule has 0 heterocycles. The quantitative estimate of drug-likeness (QED) is 0.783. The Kier molecular flexibility index (Phi) is 6.97. The van der Waals surface area contributed by atoms with Crippen LogP contribution in [0, 0.1) is 0 Å². The van der Waals surface area contributed by atoms with Gasteiger partial charge in [-0.3, -0.25) is 9.69 Å². The SMILES string of the molecule is CC(C)c1ccccc1NC(=O)CN(CCO)Cc1ccccc1. The first-order valence-corrected chi connectivity index (χ1v) is 8.36. The van der Waals surface area contributed by atoms with Gasteiger partial charge in [-0.05, 0) is 23.1 Å². The van der Waals surface area contributed by atoms with Crippen LogP contribution in [0.4, 0.5) is 5.69 Å². The van der Waals surface area contributed by atoms with Crippen molar-refractivity contribution in [2.45, 2.75) is 26.3 Å². The van der Waals surface area contributed by atoms with E-state index in [1.165, 1.54) is 0 Å². The zero-order chi connectivity index (χ0) is 17.4. The number of nitrogens with one attached hydrogen (secondary N) is 1. The zero-order valence-corrected chi connectivity index (χ0v) is 14.4. The second-order valence-electron chi connectivity index (χ2n) is 6.21. The van der Waals surface area contributed by atoms with Gasteiger partial charge in [0.2, 0.25) is 5.91 Å². The number of hydrogen-bond donors (Lipinski definition) is 2. The van der Waals surface area contributed by atoms with Crippen molar-refractivity contribution in [3.63, 3.8) is 0 Å². The van der Waals surface area contributed by atoms with E-state index in [9.17, 15) is 9.90 Å². The Bertz CT molecular complexity index is 641. The maximum absolute atomic E-state index is 12.4. The van der Waals surface area contributed by atoms with Crippen molar-refractivity contribution in [3.05, 3.63) is 65.7 Å². The van der Waals surface area contributed by atoms with Gasteiger partial charge in [-0.15, -0.1) is 0 Å². The summed E-state index contributed by atoms with van der Waals surface area (Å²) < 4.78 is 0. The van der Waals surface area contributed by atoms with Crippen LogP contribution in [-0.4, -0.2) is 35.6 Å². The molecule has 4 heteroatoms. The highest BCUT2D eigenvalue weighted by Gasteiger charge is 2.13. The number of rotatable bonds is 8. The van der Waals surface area contributed by atoms with Gasteiger partial charge in [0.25, 0.3) is 0 Å². The molecule has 2 aromatic rings. The second kappa shape index (κ2) is 9.21. The minimum Gasteiger partial charge on any atom is -0.395 e. The van der Waals surface area contributed by atoms with E-state index in [1.54, 1.807) is 0 Å². The van der Waals surface area contributed by atoms with E-state index in [4.69, 9.17) is 0 Å². The number of anilines is 1. The predicted molar refractivity (Wildman–Crippen MR) is 98.0 cm³/mol. The summed E-state index contributed by atoms with van der Waals surface area (Å²) in [6, 6.07) is 17.9. The van der Waals surface area contributed by atoms with Gasteiger partial charge in [0.1, 0.15) is 0 Å². The smallest absolute Gasteiger partial charge is 0.238 e. The highest BCUT2D eigenvalue weighted by molar-refractivity contribution is 5.93. The molecule has 0 atom stereocenters. The summed E-state index contributed by atoms with van der Waals surface area (Å²) in [5.41, 5.74) is 3.12. The molecule has 2 N–H and O–H groups in total. The van der Waals surface area contributed by atoms with E-state index in [0.717, 1.165) is 16.8 Å². The summed E-state index contributed by atoms with van der Waals surface area (Å²) in [5.74, 6) is 0.284. The third kappa shape index (κ3) is 5.48. The fraction of sp³-hybridized carbons (Fsp3) is 0.350. The topological polar surface area (TPSA) is 52.6 Å². The van der Waals surface area contributed by atoms with Gasteiger partial charge in [0.15, 0.2) is 0 Å². The molecule has 0 saturated heterocycles. The van der Waals surface area contributed by atoms with Crippen LogP contribution >= 0.6 is 0 Å². The van der Waals surface area contributed by atoms with Crippen LogP contribution in [0.2, 0.25) is 0 Å². The average molecular weight is 326 g/mol. The number of carbonyl (C=O) groups is 1. The van der Waals surface area contributed by atoms with Gasteiger partial charge in [-0.25, -0.2) is 0 Å². The van der Waals surface area contributed by atoms with Gasteiger partial charge < -0.3 is 10.4 Å². The minimum atomic E-state index is -0.0625. The molecule has 128 valence electrons. The van der Waals surface area contributed by atoms with Crippen molar-refractivity contribution in [1.82, 2.24) is 4.90 Å². The Morgan fingerprint density at radius 1 is 1.08 bits per heavy atom. The molecule has 0 aliphatic heterocycles. The maximum atomic E-state index is 12.4. The number of hydrogen-bond acceptors (Lipinski definition) is 3. The molecule has 0 aliphatic carbocycles. The van der Waals surface area contributed by atoms with Crippen molar-refractivity contribution >= 4 is 11.6 Å². The standard InChI is InChI=1S/C20H26N2O2/c1-16(2)18-10-6-7-11-19(18)21-20(24)15-22(12-13-23)14-17-8-4-3-5-9-17/h3-11,16,23H,12-15H2,1-2H3,(H,21,24). The Hall–Kier alpha value is -2.17. The van der Waals surface area contributed by atoms with E-state index in [1.807, 2.05) is 59.5 Å². The minimum absolute atomic E-state index is 0.0305. The summed E-state index contributed by atoms with van der Waals surface area (Å²) in [4.78, 5) is 14.4. The predicted octanol–water partition coefficient (Wildman–Crippen LogP) is 3.24. The molecule has 0 spiro atoms. The monoisotopic (exact) mass is 326 g/mol. The van der Waals surface area contributed by atoms with Gasteiger partial charge >= 0.3 is 0 Å². The normalized spacial score (nSPS) is 11.0. The number of benzene rings is 2. The summed E-state index contributed by atoms with van der Waals surface area (Å²) in [5, 5.41) is 12.3. The number of para-hydroxylation sites is 1. The number of nitrogens with zero attached hydrogens (tertiary/aromatic N) is 1. The molecule has 0 aliphatic rings. The molecule has 0 radical (unpaired) electrons. The van der Waals surface area contributed by atoms with Crippen molar-refractivity contribution < 1.29 is 9.90 Å². The lowest BCUT2D eigenvalue weighted by Crippen LogP contribution is -2.35. The second-order valence-corrected chi connectivity index (χ2v) is 6.21. The molecule has 2 rings (SSSR count). The van der Waals surface area contributed by atoms with Crippen LogP contribution in [0.1, 0.15) is 30.9 Å². The molecular formula is C20H26N2O2. The molecular weight excluding hydrogens is 300 g/mol. The summed E-state index contributed by atoms with van der Waals surface area (Å²) in [6.45, 7) is 5.61. The first kappa shape index (κ1) is 18.2. The molecule has 0 saturated carbocycles. The fourth-order valence-electron chi connectivity index (χ4n) is 2.70. The highest BCUT2D eigenvalue weighted by Crippen LogP contribution is 2.23. The van der Waals surface area contributed by atoms with Crippen molar-refractivity contribution in [3.8, 4) is 0 Å². The summed E-state index contributed by atoms with van der Waals surface area (Å²) in [6.07, 6.45) is 0. The van der Waals surface area contributed by atoms with E-state index in [-0.39, 0.29) is 19.1 Å². The van der Waals surface area contributed by atoms with Crippen LogP contribution in [0.25, 0.3) is 0 Å². The Balaban J connectivity index is 2.00. The molecule has 0 fully saturated rings. The number of aliphatic hydroxyl groups excluding tert-OH is 1. The van der Waals surface area contributed by atoms with Gasteiger partial charge in [0, 0.05) is 18.8 Å².